The van der Waals surface area contributed by atoms with E-state index in [-0.39, 0.29) is 11.8 Å². The molecule has 0 fully saturated rings. The maximum Gasteiger partial charge on any atom is 0.248 e. The number of nitrogens with two attached hydrogens (primary N) is 1. The monoisotopic (exact) mass is 227 g/mol. The molecule has 5 heteroatoms. The zero-order valence-corrected chi connectivity index (χ0v) is 9.69. The van der Waals surface area contributed by atoms with Crippen LogP contribution in [0.4, 0.5) is 0 Å². The van der Waals surface area contributed by atoms with Gasteiger partial charge in [-0.3, -0.25) is 0 Å². The summed E-state index contributed by atoms with van der Waals surface area (Å²) in [6.07, 6.45) is 0.693. The number of ether oxygens (including phenoxy) is 2. The topological polar surface area (TPSA) is 73.9 Å². The van der Waals surface area contributed by atoms with Gasteiger partial charge < -0.3 is 20.1 Å². The van der Waals surface area contributed by atoms with Gasteiger partial charge in [0.05, 0.1) is 14.2 Å². The first-order valence-corrected chi connectivity index (χ1v) is 4.94. The first kappa shape index (κ1) is 12.6. The molecule has 1 unspecified atom stereocenters. The molecule has 0 bridgehead atoms. The average Bonchev–Trinajstić information content (AvgIpc) is 2.26. The van der Waals surface area contributed by atoms with Crippen molar-refractivity contribution in [3.63, 3.8) is 0 Å². The van der Waals surface area contributed by atoms with Crippen LogP contribution in [-0.2, 0) is 6.42 Å². The lowest BCUT2D eigenvalue weighted by Crippen LogP contribution is -2.17. The van der Waals surface area contributed by atoms with Crippen LogP contribution in [0.5, 0.6) is 17.2 Å². The second kappa shape index (κ2) is 5.58. The molecular formula is C11H17NO4. The normalized spacial score (nSPS) is 12.1. The summed E-state index contributed by atoms with van der Waals surface area (Å²) < 4.78 is 10.2. The number of hydrogen-bond donors (Lipinski definition) is 2. The minimum atomic E-state index is 0.0373. The Morgan fingerprint density at radius 3 is 2.06 bits per heavy atom. The van der Waals surface area contributed by atoms with Gasteiger partial charge in [-0.1, -0.05) is 0 Å². The summed E-state index contributed by atoms with van der Waals surface area (Å²) in [6, 6.07) is 3.56. The molecule has 0 saturated heterocycles. The Bertz CT molecular complexity index is 327. The second-order valence-electron chi connectivity index (χ2n) is 3.60. The molecule has 1 aromatic carbocycles. The van der Waals surface area contributed by atoms with Gasteiger partial charge in [0.25, 0.3) is 0 Å². The van der Waals surface area contributed by atoms with Gasteiger partial charge in [0, 0.05) is 6.04 Å². The van der Waals surface area contributed by atoms with Crippen molar-refractivity contribution in [1.82, 2.24) is 0 Å². The summed E-state index contributed by atoms with van der Waals surface area (Å²) in [7, 11) is 2.99. The van der Waals surface area contributed by atoms with Crippen molar-refractivity contribution in [3.8, 4) is 17.2 Å². The van der Waals surface area contributed by atoms with Crippen LogP contribution in [-0.4, -0.2) is 25.5 Å². The SMILES string of the molecule is COc1cc(CC(C)N)cc(OC)c1OO. The van der Waals surface area contributed by atoms with Crippen LogP contribution in [0, 0.1) is 0 Å². The van der Waals surface area contributed by atoms with Gasteiger partial charge >= 0.3 is 0 Å². The highest BCUT2D eigenvalue weighted by Crippen LogP contribution is 2.38. The van der Waals surface area contributed by atoms with Crippen molar-refractivity contribution in [2.75, 3.05) is 14.2 Å². The standard InChI is InChI=1S/C11H17NO4/c1-7(12)4-8-5-9(14-2)11(16-13)10(6-8)15-3/h5-7,13H,4,12H2,1-3H3. The third kappa shape index (κ3) is 2.77. The summed E-state index contributed by atoms with van der Waals surface area (Å²) in [5.74, 6) is 0.994. The van der Waals surface area contributed by atoms with Gasteiger partial charge in [-0.15, -0.1) is 0 Å². The molecule has 16 heavy (non-hydrogen) atoms. The summed E-state index contributed by atoms with van der Waals surface area (Å²) >= 11 is 0. The van der Waals surface area contributed by atoms with E-state index < -0.39 is 0 Å². The molecule has 1 atom stereocenters. The van der Waals surface area contributed by atoms with E-state index in [1.807, 2.05) is 6.92 Å². The lowest BCUT2D eigenvalue weighted by atomic mass is 10.1. The summed E-state index contributed by atoms with van der Waals surface area (Å²) in [5, 5.41) is 8.75. The van der Waals surface area contributed by atoms with Gasteiger partial charge in [0.15, 0.2) is 11.5 Å². The van der Waals surface area contributed by atoms with Gasteiger partial charge in [-0.25, -0.2) is 5.26 Å². The van der Waals surface area contributed by atoms with E-state index in [9.17, 15) is 0 Å². The van der Waals surface area contributed by atoms with Crippen LogP contribution in [0.1, 0.15) is 12.5 Å². The van der Waals surface area contributed by atoms with E-state index in [0.29, 0.717) is 17.9 Å². The van der Waals surface area contributed by atoms with E-state index in [1.54, 1.807) is 12.1 Å². The average molecular weight is 227 g/mol. The van der Waals surface area contributed by atoms with Crippen LogP contribution in [0.25, 0.3) is 0 Å². The van der Waals surface area contributed by atoms with Crippen molar-refractivity contribution < 1.29 is 19.6 Å². The Balaban J connectivity index is 3.15. The molecule has 0 aliphatic rings. The van der Waals surface area contributed by atoms with Crippen LogP contribution in [0.2, 0.25) is 0 Å². The maximum atomic E-state index is 8.75. The highest BCUT2D eigenvalue weighted by atomic mass is 17.1. The van der Waals surface area contributed by atoms with E-state index in [4.69, 9.17) is 20.5 Å². The molecule has 0 radical (unpaired) electrons. The van der Waals surface area contributed by atoms with Crippen LogP contribution in [0.3, 0.4) is 0 Å². The zero-order chi connectivity index (χ0) is 12.1. The Morgan fingerprint density at radius 1 is 1.25 bits per heavy atom. The smallest absolute Gasteiger partial charge is 0.248 e. The number of benzene rings is 1. The van der Waals surface area contributed by atoms with E-state index in [2.05, 4.69) is 4.89 Å². The van der Waals surface area contributed by atoms with Gasteiger partial charge in [0.2, 0.25) is 5.75 Å². The fourth-order valence-electron chi connectivity index (χ4n) is 1.51. The summed E-state index contributed by atoms with van der Waals surface area (Å²) in [4.78, 5) is 4.24. The summed E-state index contributed by atoms with van der Waals surface area (Å²) in [5.41, 5.74) is 6.68. The number of methoxy groups -OCH3 is 2. The predicted octanol–water partition coefficient (Wildman–Crippen LogP) is 1.45. The van der Waals surface area contributed by atoms with Gasteiger partial charge in [-0.2, -0.15) is 0 Å². The molecule has 0 spiro atoms. The minimum Gasteiger partial charge on any atom is -0.493 e. The number of hydrogen-bond acceptors (Lipinski definition) is 5. The van der Waals surface area contributed by atoms with Crippen LogP contribution >= 0.6 is 0 Å². The van der Waals surface area contributed by atoms with Crippen LogP contribution < -0.4 is 20.1 Å². The van der Waals surface area contributed by atoms with Crippen molar-refractivity contribution in [1.29, 1.82) is 0 Å². The second-order valence-corrected chi connectivity index (χ2v) is 3.60. The molecule has 3 N–H and O–H groups in total. The molecule has 1 aromatic rings. The summed E-state index contributed by atoms with van der Waals surface area (Å²) in [6.45, 7) is 1.91. The highest BCUT2D eigenvalue weighted by molar-refractivity contribution is 5.53. The quantitative estimate of drug-likeness (QED) is 0.588. The zero-order valence-electron chi connectivity index (χ0n) is 9.69. The molecule has 90 valence electrons. The van der Waals surface area contributed by atoms with Crippen molar-refractivity contribution in [3.05, 3.63) is 17.7 Å². The molecular weight excluding hydrogens is 210 g/mol. The maximum absolute atomic E-state index is 8.75. The van der Waals surface area contributed by atoms with E-state index >= 15 is 0 Å². The lowest BCUT2D eigenvalue weighted by Gasteiger charge is -2.13. The molecule has 1 rings (SSSR count). The molecule has 0 heterocycles. The van der Waals surface area contributed by atoms with Crippen molar-refractivity contribution >= 4 is 0 Å². The minimum absolute atomic E-state index is 0.0373. The highest BCUT2D eigenvalue weighted by Gasteiger charge is 2.14. The molecule has 0 aromatic heterocycles. The van der Waals surface area contributed by atoms with E-state index in [0.717, 1.165) is 5.56 Å². The van der Waals surface area contributed by atoms with Crippen molar-refractivity contribution in [2.45, 2.75) is 19.4 Å². The van der Waals surface area contributed by atoms with E-state index in [1.165, 1.54) is 14.2 Å². The third-order valence-electron chi connectivity index (χ3n) is 2.17. The lowest BCUT2D eigenvalue weighted by molar-refractivity contribution is -0.140. The number of rotatable bonds is 5. The Morgan fingerprint density at radius 2 is 1.75 bits per heavy atom. The first-order valence-electron chi connectivity index (χ1n) is 4.94. The van der Waals surface area contributed by atoms with Crippen molar-refractivity contribution in [2.24, 2.45) is 5.73 Å². The predicted molar refractivity (Wildman–Crippen MR) is 60.2 cm³/mol. The van der Waals surface area contributed by atoms with Crippen LogP contribution in [0.15, 0.2) is 12.1 Å². The Hall–Kier alpha value is -1.46. The third-order valence-corrected chi connectivity index (χ3v) is 2.17. The molecule has 5 nitrogen and oxygen atoms in total. The fraction of sp³-hybridized carbons (Fsp3) is 0.455. The molecule has 0 aliphatic carbocycles. The first-order chi connectivity index (χ1) is 7.62. The molecule has 0 amide bonds. The Kier molecular flexibility index (Phi) is 4.39. The van der Waals surface area contributed by atoms with Gasteiger partial charge in [-0.05, 0) is 31.0 Å². The fourth-order valence-corrected chi connectivity index (χ4v) is 1.51. The molecule has 0 saturated carbocycles. The largest absolute Gasteiger partial charge is 0.493 e. The molecule has 0 aliphatic heterocycles. The Labute approximate surface area is 94.7 Å². The van der Waals surface area contributed by atoms with Gasteiger partial charge in [0.1, 0.15) is 0 Å².